The number of ether oxygens (including phenoxy) is 1. The predicted octanol–water partition coefficient (Wildman–Crippen LogP) is 4.22. The molecule has 0 unspecified atom stereocenters. The molecule has 1 heterocycles. The van der Waals surface area contributed by atoms with Crippen LogP contribution in [0.1, 0.15) is 17.0 Å². The molecular formula is C16H15ClF3N3O2. The molecule has 0 radical (unpaired) electrons. The number of nitrogens with one attached hydrogen (secondary N) is 2. The molecule has 2 rings (SSSR count). The number of anilines is 1. The van der Waals surface area contributed by atoms with Gasteiger partial charge in [-0.25, -0.2) is 9.78 Å². The summed E-state index contributed by atoms with van der Waals surface area (Å²) >= 11 is 6.00. The first-order valence-corrected chi connectivity index (χ1v) is 7.52. The third-order valence-electron chi connectivity index (χ3n) is 3.13. The first-order chi connectivity index (χ1) is 11.8. The van der Waals surface area contributed by atoms with Crippen LogP contribution >= 0.6 is 11.6 Å². The Bertz CT molecular complexity index is 754. The lowest BCUT2D eigenvalue weighted by atomic mass is 10.2. The molecule has 0 aliphatic carbocycles. The number of benzene rings is 1. The molecule has 0 spiro atoms. The van der Waals surface area contributed by atoms with Crippen molar-refractivity contribution in [2.45, 2.75) is 19.3 Å². The molecule has 0 aliphatic heterocycles. The molecule has 0 saturated carbocycles. The highest BCUT2D eigenvalue weighted by Gasteiger charge is 2.32. The second kappa shape index (κ2) is 8.17. The van der Waals surface area contributed by atoms with Crippen molar-refractivity contribution in [1.82, 2.24) is 10.3 Å². The number of nitrogens with zero attached hydrogens (tertiary/aromatic N) is 1. The fourth-order valence-electron chi connectivity index (χ4n) is 2.00. The molecule has 1 aromatic heterocycles. The van der Waals surface area contributed by atoms with E-state index >= 15 is 0 Å². The fraction of sp³-hybridized carbons (Fsp3) is 0.250. The van der Waals surface area contributed by atoms with Crippen LogP contribution in [-0.4, -0.2) is 18.1 Å². The zero-order valence-corrected chi connectivity index (χ0v) is 13.9. The lowest BCUT2D eigenvalue weighted by Gasteiger charge is -2.11. The quantitative estimate of drug-likeness (QED) is 0.824. The number of halogens is 4. The normalized spacial score (nSPS) is 11.2. The minimum atomic E-state index is -4.53. The van der Waals surface area contributed by atoms with Gasteiger partial charge in [0.1, 0.15) is 5.69 Å². The summed E-state index contributed by atoms with van der Waals surface area (Å²) in [6.07, 6.45) is -4.53. The third-order valence-corrected chi connectivity index (χ3v) is 3.50. The van der Waals surface area contributed by atoms with Crippen LogP contribution in [-0.2, 0) is 24.1 Å². The van der Waals surface area contributed by atoms with Gasteiger partial charge in [-0.1, -0.05) is 17.7 Å². The standard InChI is InChI=1S/C16H15ClF3N3O2/c1-25-9-10-7-11(5-6-13(10)17)23-15(24)21-8-12-3-2-4-14(22-12)16(18,19)20/h2-7H,8-9H2,1H3,(H2,21,23,24). The van der Waals surface area contributed by atoms with Crippen molar-refractivity contribution in [3.8, 4) is 0 Å². The predicted molar refractivity (Wildman–Crippen MR) is 87.3 cm³/mol. The first-order valence-electron chi connectivity index (χ1n) is 7.15. The monoisotopic (exact) mass is 373 g/mol. The largest absolute Gasteiger partial charge is 0.433 e. The minimum Gasteiger partial charge on any atom is -0.380 e. The number of urea groups is 1. The van der Waals surface area contributed by atoms with E-state index < -0.39 is 17.9 Å². The molecule has 5 nitrogen and oxygen atoms in total. The number of pyridine rings is 1. The maximum atomic E-state index is 12.6. The lowest BCUT2D eigenvalue weighted by Crippen LogP contribution is -2.28. The van der Waals surface area contributed by atoms with Crippen molar-refractivity contribution in [3.05, 3.63) is 58.4 Å². The topological polar surface area (TPSA) is 63.2 Å². The summed E-state index contributed by atoms with van der Waals surface area (Å²) in [5.74, 6) is 0. The van der Waals surface area contributed by atoms with E-state index in [1.54, 1.807) is 18.2 Å². The van der Waals surface area contributed by atoms with Crippen molar-refractivity contribution in [2.24, 2.45) is 0 Å². The van der Waals surface area contributed by atoms with Gasteiger partial charge in [0, 0.05) is 17.8 Å². The molecular weight excluding hydrogens is 359 g/mol. The van der Waals surface area contributed by atoms with E-state index in [1.165, 1.54) is 19.2 Å². The highest BCUT2D eigenvalue weighted by molar-refractivity contribution is 6.31. The van der Waals surface area contributed by atoms with Gasteiger partial charge in [-0.3, -0.25) is 0 Å². The van der Waals surface area contributed by atoms with Crippen LogP contribution in [0.3, 0.4) is 0 Å². The van der Waals surface area contributed by atoms with E-state index in [1.807, 2.05) is 0 Å². The Labute approximate surface area is 147 Å². The van der Waals surface area contributed by atoms with E-state index in [0.717, 1.165) is 6.07 Å². The Balaban J connectivity index is 1.96. The molecule has 0 aliphatic rings. The summed E-state index contributed by atoms with van der Waals surface area (Å²) in [6, 6.07) is 7.78. The van der Waals surface area contributed by atoms with E-state index in [2.05, 4.69) is 15.6 Å². The second-order valence-corrected chi connectivity index (χ2v) is 5.47. The van der Waals surface area contributed by atoms with Crippen LogP contribution in [0.4, 0.5) is 23.7 Å². The number of hydrogen-bond acceptors (Lipinski definition) is 3. The molecule has 0 saturated heterocycles. The van der Waals surface area contributed by atoms with Gasteiger partial charge in [-0.15, -0.1) is 0 Å². The van der Waals surface area contributed by atoms with Crippen molar-refractivity contribution in [2.75, 3.05) is 12.4 Å². The summed E-state index contributed by atoms with van der Waals surface area (Å²) in [6.45, 7) is 0.137. The molecule has 2 amide bonds. The van der Waals surface area contributed by atoms with Gasteiger partial charge in [0.15, 0.2) is 0 Å². The Kier molecular flexibility index (Phi) is 6.22. The van der Waals surface area contributed by atoms with Gasteiger partial charge < -0.3 is 15.4 Å². The zero-order chi connectivity index (χ0) is 18.4. The van der Waals surface area contributed by atoms with Crippen LogP contribution in [0, 0.1) is 0 Å². The molecule has 134 valence electrons. The fourth-order valence-corrected chi connectivity index (χ4v) is 2.17. The molecule has 25 heavy (non-hydrogen) atoms. The Morgan fingerprint density at radius 2 is 2.04 bits per heavy atom. The summed E-state index contributed by atoms with van der Waals surface area (Å²) in [5, 5.41) is 5.52. The number of alkyl halides is 3. The van der Waals surface area contributed by atoms with Gasteiger partial charge in [0.2, 0.25) is 0 Å². The lowest BCUT2D eigenvalue weighted by molar-refractivity contribution is -0.141. The summed E-state index contributed by atoms with van der Waals surface area (Å²) < 4.78 is 42.8. The number of amides is 2. The highest BCUT2D eigenvalue weighted by Crippen LogP contribution is 2.27. The van der Waals surface area contributed by atoms with Gasteiger partial charge in [-0.05, 0) is 35.9 Å². The smallest absolute Gasteiger partial charge is 0.380 e. The number of methoxy groups -OCH3 is 1. The molecule has 2 N–H and O–H groups in total. The van der Waals surface area contributed by atoms with E-state index in [0.29, 0.717) is 16.3 Å². The number of rotatable bonds is 5. The third kappa shape index (κ3) is 5.61. The van der Waals surface area contributed by atoms with E-state index in [9.17, 15) is 18.0 Å². The van der Waals surface area contributed by atoms with Gasteiger partial charge >= 0.3 is 12.2 Å². The van der Waals surface area contributed by atoms with Crippen LogP contribution in [0.2, 0.25) is 5.02 Å². The Morgan fingerprint density at radius 3 is 2.72 bits per heavy atom. The van der Waals surface area contributed by atoms with Gasteiger partial charge in [-0.2, -0.15) is 13.2 Å². The van der Waals surface area contributed by atoms with Gasteiger partial charge in [0.05, 0.1) is 18.8 Å². The summed E-state index contributed by atoms with van der Waals surface area (Å²) in [7, 11) is 1.52. The number of carbonyl (C=O) groups excluding carboxylic acids is 1. The number of aromatic nitrogens is 1. The van der Waals surface area contributed by atoms with Gasteiger partial charge in [0.25, 0.3) is 0 Å². The maximum Gasteiger partial charge on any atom is 0.433 e. The highest BCUT2D eigenvalue weighted by atomic mass is 35.5. The maximum absolute atomic E-state index is 12.6. The van der Waals surface area contributed by atoms with Crippen LogP contribution < -0.4 is 10.6 Å². The van der Waals surface area contributed by atoms with Crippen molar-refractivity contribution >= 4 is 23.3 Å². The molecule has 1 aromatic carbocycles. The minimum absolute atomic E-state index is 0.0983. The molecule has 2 aromatic rings. The first kappa shape index (κ1) is 19.0. The van der Waals surface area contributed by atoms with Crippen molar-refractivity contribution < 1.29 is 22.7 Å². The number of hydrogen-bond donors (Lipinski definition) is 2. The molecule has 0 atom stereocenters. The van der Waals surface area contributed by atoms with Crippen molar-refractivity contribution in [1.29, 1.82) is 0 Å². The van der Waals surface area contributed by atoms with Crippen LogP contribution in [0.5, 0.6) is 0 Å². The molecule has 9 heteroatoms. The molecule has 0 bridgehead atoms. The summed E-state index contributed by atoms with van der Waals surface area (Å²) in [4.78, 5) is 15.4. The van der Waals surface area contributed by atoms with Crippen LogP contribution in [0.15, 0.2) is 36.4 Å². The average Bonchev–Trinajstić information content (AvgIpc) is 2.56. The second-order valence-electron chi connectivity index (χ2n) is 5.06. The Morgan fingerprint density at radius 1 is 1.28 bits per heavy atom. The number of carbonyl (C=O) groups is 1. The SMILES string of the molecule is COCc1cc(NC(=O)NCc2cccc(C(F)(F)F)n2)ccc1Cl. The summed E-state index contributed by atoms with van der Waals surface area (Å²) in [5.41, 5.74) is 0.266. The van der Waals surface area contributed by atoms with E-state index in [-0.39, 0.29) is 18.8 Å². The zero-order valence-electron chi connectivity index (χ0n) is 13.2. The Hall–Kier alpha value is -2.32. The average molecular weight is 374 g/mol. The molecule has 0 fully saturated rings. The van der Waals surface area contributed by atoms with Crippen molar-refractivity contribution in [3.63, 3.8) is 0 Å². The van der Waals surface area contributed by atoms with E-state index in [4.69, 9.17) is 16.3 Å². The van der Waals surface area contributed by atoms with Crippen LogP contribution in [0.25, 0.3) is 0 Å².